The minimum atomic E-state index is -1.67. The zero-order chi connectivity index (χ0) is 27.2. The molecule has 0 aromatic heterocycles. The molecule has 1 atom stereocenters. The molecule has 0 aliphatic carbocycles. The van der Waals surface area contributed by atoms with E-state index in [1.165, 1.54) is 29.0 Å². The Bertz CT molecular complexity index is 1170. The summed E-state index contributed by atoms with van der Waals surface area (Å²) in [5, 5.41) is 10.5. The van der Waals surface area contributed by atoms with Gasteiger partial charge in [-0.15, -0.1) is 5.53 Å². The molecule has 0 bridgehead atoms. The number of anilines is 1. The molecule has 0 spiro atoms. The van der Waals surface area contributed by atoms with Gasteiger partial charge in [0.05, 0.1) is 11.8 Å². The SMILES string of the molecule is CC(C)OC(=O)C(NC(=S)NC(=O)OCc1ccccc1)(c1ccc(N2C=N[NH2+]N2)c(F)c1)C(C)(C)C. The molecule has 12 heteroatoms. The number of carbonyl (C=O) groups excluding carboxylic acids is 2. The molecule has 37 heavy (non-hydrogen) atoms. The third kappa shape index (κ3) is 6.59. The van der Waals surface area contributed by atoms with E-state index in [1.54, 1.807) is 40.7 Å². The van der Waals surface area contributed by atoms with Gasteiger partial charge in [0.2, 0.25) is 0 Å². The molecule has 10 nitrogen and oxygen atoms in total. The van der Waals surface area contributed by atoms with Gasteiger partial charge in [-0.3, -0.25) is 5.32 Å². The minimum Gasteiger partial charge on any atom is -0.461 e. The number of nitrogens with two attached hydrogens (primary N) is 1. The van der Waals surface area contributed by atoms with Crippen LogP contribution in [0.4, 0.5) is 14.9 Å². The Morgan fingerprint density at radius 1 is 1.19 bits per heavy atom. The molecule has 0 saturated carbocycles. The minimum absolute atomic E-state index is 0.0348. The number of carbonyl (C=O) groups is 2. The Balaban J connectivity index is 1.91. The van der Waals surface area contributed by atoms with E-state index < -0.39 is 34.9 Å². The molecule has 5 N–H and O–H groups in total. The number of amides is 1. The zero-order valence-corrected chi connectivity index (χ0v) is 22.2. The number of quaternary nitrogens is 1. The van der Waals surface area contributed by atoms with Crippen LogP contribution in [0.3, 0.4) is 0 Å². The number of esters is 1. The molecule has 1 unspecified atom stereocenters. The Morgan fingerprint density at radius 2 is 1.89 bits per heavy atom. The number of nitrogens with zero attached hydrogens (tertiary/aromatic N) is 2. The second-order valence-electron chi connectivity index (χ2n) is 9.65. The lowest BCUT2D eigenvalue weighted by Gasteiger charge is -2.44. The lowest BCUT2D eigenvalue weighted by Crippen LogP contribution is -2.87. The summed E-state index contributed by atoms with van der Waals surface area (Å²) < 4.78 is 26.1. The van der Waals surface area contributed by atoms with Gasteiger partial charge in [0.25, 0.3) is 0 Å². The third-order valence-corrected chi connectivity index (χ3v) is 5.80. The van der Waals surface area contributed by atoms with Crippen LogP contribution in [0, 0.1) is 11.2 Å². The van der Waals surface area contributed by atoms with Crippen LogP contribution in [0.25, 0.3) is 0 Å². The van der Waals surface area contributed by atoms with E-state index in [9.17, 15) is 9.59 Å². The van der Waals surface area contributed by atoms with Gasteiger partial charge in [-0.05, 0) is 54.9 Å². The van der Waals surface area contributed by atoms with Crippen molar-refractivity contribution >= 4 is 41.4 Å². The number of thiocarbonyl (C=S) groups is 1. The van der Waals surface area contributed by atoms with Gasteiger partial charge in [-0.25, -0.2) is 19.0 Å². The Morgan fingerprint density at radius 3 is 2.46 bits per heavy atom. The van der Waals surface area contributed by atoms with Gasteiger partial charge < -0.3 is 14.8 Å². The molecule has 1 heterocycles. The van der Waals surface area contributed by atoms with Crippen molar-refractivity contribution in [3.05, 3.63) is 65.5 Å². The number of ether oxygens (including phenoxy) is 2. The number of hydrazine groups is 1. The average Bonchev–Trinajstić information content (AvgIpc) is 3.35. The molecular formula is C25H32FN6O4S+. The van der Waals surface area contributed by atoms with Crippen LogP contribution in [-0.2, 0) is 26.4 Å². The first-order valence-corrected chi connectivity index (χ1v) is 12.1. The summed E-state index contributed by atoms with van der Waals surface area (Å²) in [5.74, 6) is -1.29. The highest BCUT2D eigenvalue weighted by Crippen LogP contribution is 2.42. The topological polar surface area (TPSA) is 121 Å². The zero-order valence-electron chi connectivity index (χ0n) is 21.4. The number of hydrogen-bond donors (Lipinski definition) is 4. The largest absolute Gasteiger partial charge is 0.461 e. The van der Waals surface area contributed by atoms with Crippen LogP contribution in [-0.4, -0.2) is 29.6 Å². The van der Waals surface area contributed by atoms with E-state index in [4.69, 9.17) is 21.7 Å². The highest BCUT2D eigenvalue weighted by atomic mass is 32.1. The average molecular weight is 532 g/mol. The predicted octanol–water partition coefficient (Wildman–Crippen LogP) is 2.57. The van der Waals surface area contributed by atoms with E-state index in [2.05, 4.69) is 21.3 Å². The second kappa shape index (κ2) is 11.6. The van der Waals surface area contributed by atoms with Gasteiger partial charge in [0.1, 0.15) is 12.4 Å². The summed E-state index contributed by atoms with van der Waals surface area (Å²) >= 11 is 5.39. The second-order valence-corrected chi connectivity index (χ2v) is 10.1. The monoisotopic (exact) mass is 531 g/mol. The molecule has 0 saturated heterocycles. The summed E-state index contributed by atoms with van der Waals surface area (Å²) in [5.41, 5.74) is 2.89. The van der Waals surface area contributed by atoms with E-state index in [-0.39, 0.29) is 23.0 Å². The summed E-state index contributed by atoms with van der Waals surface area (Å²) in [6.45, 7) is 8.81. The Kier molecular flexibility index (Phi) is 8.79. The van der Waals surface area contributed by atoms with Crippen molar-refractivity contribution in [2.24, 2.45) is 10.5 Å². The Labute approximate surface area is 220 Å². The van der Waals surface area contributed by atoms with Crippen LogP contribution in [0.15, 0.2) is 53.6 Å². The smallest absolute Gasteiger partial charge is 0.413 e. The molecule has 0 radical (unpaired) electrons. The highest BCUT2D eigenvalue weighted by Gasteiger charge is 2.53. The van der Waals surface area contributed by atoms with E-state index >= 15 is 4.39 Å². The van der Waals surface area contributed by atoms with Gasteiger partial charge in [0, 0.05) is 5.41 Å². The van der Waals surface area contributed by atoms with E-state index in [0.29, 0.717) is 0 Å². The molecule has 1 amide bonds. The molecule has 1 aliphatic heterocycles. The number of halogens is 1. The summed E-state index contributed by atoms with van der Waals surface area (Å²) in [6.07, 6.45) is 0.150. The van der Waals surface area contributed by atoms with Crippen molar-refractivity contribution in [3.8, 4) is 0 Å². The lowest BCUT2D eigenvalue weighted by atomic mass is 9.69. The van der Waals surface area contributed by atoms with Crippen LogP contribution in [0.2, 0.25) is 0 Å². The molecule has 0 fully saturated rings. The Hall–Kier alpha value is -3.61. The molecule has 2 aromatic carbocycles. The van der Waals surface area contributed by atoms with Crippen molar-refractivity contribution in [3.63, 3.8) is 0 Å². The fourth-order valence-corrected chi connectivity index (χ4v) is 4.06. The number of rotatable bonds is 7. The molecule has 2 aromatic rings. The van der Waals surface area contributed by atoms with Crippen LogP contribution in [0.1, 0.15) is 45.7 Å². The fourth-order valence-electron chi connectivity index (χ4n) is 3.82. The van der Waals surface area contributed by atoms with E-state index in [0.717, 1.165) is 5.56 Å². The summed E-state index contributed by atoms with van der Waals surface area (Å²) in [4.78, 5) is 26.1. The van der Waals surface area contributed by atoms with Crippen LogP contribution < -0.4 is 26.7 Å². The lowest BCUT2D eigenvalue weighted by molar-refractivity contribution is -0.708. The van der Waals surface area contributed by atoms with Crippen molar-refractivity contribution in [1.29, 1.82) is 0 Å². The number of benzene rings is 2. The van der Waals surface area contributed by atoms with Crippen LogP contribution >= 0.6 is 12.2 Å². The van der Waals surface area contributed by atoms with E-state index in [1.807, 2.05) is 30.3 Å². The number of alkyl carbamates (subject to hydrolysis) is 1. The van der Waals surface area contributed by atoms with Crippen molar-refractivity contribution in [2.45, 2.75) is 52.9 Å². The number of hydrogen-bond acceptors (Lipinski definition) is 8. The first kappa shape index (κ1) is 28.0. The van der Waals surface area contributed by atoms with Gasteiger partial charge in [0.15, 0.2) is 17.0 Å². The van der Waals surface area contributed by atoms with Gasteiger partial charge >= 0.3 is 12.1 Å². The number of nitrogens with one attached hydrogen (secondary N) is 3. The first-order chi connectivity index (χ1) is 17.4. The van der Waals surface area contributed by atoms with Crippen molar-refractivity contribution in [2.75, 3.05) is 5.01 Å². The van der Waals surface area contributed by atoms with Crippen molar-refractivity contribution < 1.29 is 29.0 Å². The fraction of sp³-hybridized carbons (Fsp3) is 0.360. The quantitative estimate of drug-likeness (QED) is 0.245. The third-order valence-electron chi connectivity index (χ3n) is 5.60. The molecule has 3 rings (SSSR count). The summed E-state index contributed by atoms with van der Waals surface area (Å²) in [7, 11) is 0. The van der Waals surface area contributed by atoms with Gasteiger partial charge in [-0.2, -0.15) is 0 Å². The standard InChI is InChI=1S/C25H31FN6O4S/c1-16(2)36-21(33)25(24(3,4)5,18-11-12-20(19(26)13-18)32-15-27-30-31-32)29-22(37)28-23(34)35-14-17-9-7-6-8-10-17/h6-13,15-16,30-31H,14H2,1-5H3,(H2,28,29,34,37)/p+1. The maximum atomic E-state index is 15.3. The maximum Gasteiger partial charge on any atom is 0.413 e. The molecular weight excluding hydrogens is 499 g/mol. The van der Waals surface area contributed by atoms with Crippen molar-refractivity contribution in [1.82, 2.24) is 16.2 Å². The molecule has 1 aliphatic rings. The van der Waals surface area contributed by atoms with Gasteiger partial charge in [-0.1, -0.05) is 62.3 Å². The normalized spacial score (nSPS) is 14.7. The summed E-state index contributed by atoms with van der Waals surface area (Å²) in [6, 6.07) is 13.5. The van der Waals surface area contributed by atoms with Crippen LogP contribution in [0.5, 0.6) is 0 Å². The highest BCUT2D eigenvalue weighted by molar-refractivity contribution is 7.80. The first-order valence-electron chi connectivity index (χ1n) is 11.7. The maximum absolute atomic E-state index is 15.3. The predicted molar refractivity (Wildman–Crippen MR) is 140 cm³/mol. The molecule has 198 valence electrons.